The van der Waals surface area contributed by atoms with Crippen molar-refractivity contribution < 1.29 is 4.39 Å². The van der Waals surface area contributed by atoms with Crippen molar-refractivity contribution in [1.82, 2.24) is 10.3 Å². The molecule has 2 nitrogen and oxygen atoms in total. The SMILES string of the molecule is CCC(NC(C)C1CCC1)c1ccc(F)cn1. The average Bonchev–Trinajstić information content (AvgIpc) is 2.25. The van der Waals surface area contributed by atoms with Crippen molar-refractivity contribution in [2.75, 3.05) is 0 Å². The quantitative estimate of drug-likeness (QED) is 0.847. The van der Waals surface area contributed by atoms with Crippen LogP contribution in [0.3, 0.4) is 0 Å². The fourth-order valence-electron chi connectivity index (χ4n) is 2.40. The summed E-state index contributed by atoms with van der Waals surface area (Å²) >= 11 is 0. The topological polar surface area (TPSA) is 24.9 Å². The minimum atomic E-state index is -0.268. The van der Waals surface area contributed by atoms with Crippen molar-refractivity contribution in [3.63, 3.8) is 0 Å². The lowest BCUT2D eigenvalue weighted by molar-refractivity contribution is 0.224. The zero-order valence-electron chi connectivity index (χ0n) is 10.6. The second kappa shape index (κ2) is 5.58. The number of nitrogens with zero attached hydrogens (tertiary/aromatic N) is 1. The molecule has 1 heterocycles. The summed E-state index contributed by atoms with van der Waals surface area (Å²) in [5, 5.41) is 3.62. The van der Waals surface area contributed by atoms with E-state index < -0.39 is 0 Å². The Morgan fingerprint density at radius 2 is 2.24 bits per heavy atom. The van der Waals surface area contributed by atoms with E-state index in [-0.39, 0.29) is 11.9 Å². The molecule has 17 heavy (non-hydrogen) atoms. The van der Waals surface area contributed by atoms with E-state index in [9.17, 15) is 4.39 Å². The summed E-state index contributed by atoms with van der Waals surface area (Å²) in [5.74, 6) is 0.542. The van der Waals surface area contributed by atoms with E-state index >= 15 is 0 Å². The first-order valence-electron chi connectivity index (χ1n) is 6.58. The molecule has 1 N–H and O–H groups in total. The smallest absolute Gasteiger partial charge is 0.141 e. The molecule has 1 aromatic rings. The molecule has 0 saturated heterocycles. The van der Waals surface area contributed by atoms with Gasteiger partial charge in [0.05, 0.1) is 11.9 Å². The van der Waals surface area contributed by atoms with Crippen LogP contribution in [0.25, 0.3) is 0 Å². The minimum Gasteiger partial charge on any atom is -0.306 e. The summed E-state index contributed by atoms with van der Waals surface area (Å²) < 4.78 is 12.8. The van der Waals surface area contributed by atoms with Crippen molar-refractivity contribution in [1.29, 1.82) is 0 Å². The molecule has 1 fully saturated rings. The Morgan fingerprint density at radius 3 is 2.71 bits per heavy atom. The molecule has 0 spiro atoms. The molecule has 1 aromatic heterocycles. The summed E-state index contributed by atoms with van der Waals surface area (Å²) in [4.78, 5) is 4.17. The average molecular weight is 236 g/mol. The monoisotopic (exact) mass is 236 g/mol. The predicted molar refractivity (Wildman–Crippen MR) is 67.2 cm³/mol. The molecule has 1 aliphatic rings. The van der Waals surface area contributed by atoms with Crippen molar-refractivity contribution in [2.24, 2.45) is 5.92 Å². The lowest BCUT2D eigenvalue weighted by Crippen LogP contribution is -2.39. The molecule has 0 radical (unpaired) electrons. The summed E-state index contributed by atoms with van der Waals surface area (Å²) in [7, 11) is 0. The maximum Gasteiger partial charge on any atom is 0.141 e. The van der Waals surface area contributed by atoms with Gasteiger partial charge in [0.25, 0.3) is 0 Å². The van der Waals surface area contributed by atoms with Gasteiger partial charge in [-0.05, 0) is 44.2 Å². The fraction of sp³-hybridized carbons (Fsp3) is 0.643. The number of hydrogen-bond donors (Lipinski definition) is 1. The Labute approximate surface area is 103 Å². The van der Waals surface area contributed by atoms with Crippen LogP contribution in [0.4, 0.5) is 4.39 Å². The third-order valence-electron chi connectivity index (χ3n) is 3.84. The lowest BCUT2D eigenvalue weighted by atomic mass is 9.80. The maximum absolute atomic E-state index is 12.8. The number of nitrogens with one attached hydrogen (secondary N) is 1. The third kappa shape index (κ3) is 3.03. The third-order valence-corrected chi connectivity index (χ3v) is 3.84. The highest BCUT2D eigenvalue weighted by molar-refractivity contribution is 5.10. The predicted octanol–water partition coefficient (Wildman–Crippen LogP) is 3.45. The Bertz CT molecular complexity index is 346. The molecule has 2 unspecified atom stereocenters. The van der Waals surface area contributed by atoms with Crippen molar-refractivity contribution in [3.8, 4) is 0 Å². The molecule has 94 valence electrons. The molecule has 1 aliphatic carbocycles. The molecule has 0 aliphatic heterocycles. The molecular weight excluding hydrogens is 215 g/mol. The molecular formula is C14H21FN2. The lowest BCUT2D eigenvalue weighted by Gasteiger charge is -2.34. The molecule has 3 heteroatoms. The van der Waals surface area contributed by atoms with E-state index in [1.54, 1.807) is 6.07 Å². The highest BCUT2D eigenvalue weighted by Gasteiger charge is 2.25. The molecule has 2 atom stereocenters. The van der Waals surface area contributed by atoms with E-state index in [1.165, 1.54) is 31.5 Å². The Morgan fingerprint density at radius 1 is 1.47 bits per heavy atom. The van der Waals surface area contributed by atoms with Gasteiger partial charge in [-0.25, -0.2) is 4.39 Å². The second-order valence-corrected chi connectivity index (χ2v) is 5.01. The molecule has 0 amide bonds. The summed E-state index contributed by atoms with van der Waals surface area (Å²) in [6.07, 6.45) is 6.31. The van der Waals surface area contributed by atoms with Crippen LogP contribution in [-0.2, 0) is 0 Å². The number of pyridine rings is 1. The van der Waals surface area contributed by atoms with Crippen molar-refractivity contribution >= 4 is 0 Å². The molecule has 0 aromatic carbocycles. The first-order valence-corrected chi connectivity index (χ1v) is 6.58. The number of halogens is 1. The minimum absolute atomic E-state index is 0.242. The van der Waals surface area contributed by atoms with Crippen LogP contribution in [0.2, 0.25) is 0 Å². The number of aromatic nitrogens is 1. The highest BCUT2D eigenvalue weighted by atomic mass is 19.1. The zero-order chi connectivity index (χ0) is 12.3. The van der Waals surface area contributed by atoms with Crippen LogP contribution in [-0.4, -0.2) is 11.0 Å². The van der Waals surface area contributed by atoms with Crippen LogP contribution < -0.4 is 5.32 Å². The number of hydrogen-bond acceptors (Lipinski definition) is 2. The van der Waals surface area contributed by atoms with Crippen LogP contribution in [0.5, 0.6) is 0 Å². The van der Waals surface area contributed by atoms with Gasteiger partial charge < -0.3 is 5.32 Å². The maximum atomic E-state index is 12.8. The Kier molecular flexibility index (Phi) is 4.11. The second-order valence-electron chi connectivity index (χ2n) is 5.01. The van der Waals surface area contributed by atoms with Gasteiger partial charge in [0, 0.05) is 12.1 Å². The summed E-state index contributed by atoms with van der Waals surface area (Å²) in [5.41, 5.74) is 0.945. The largest absolute Gasteiger partial charge is 0.306 e. The van der Waals surface area contributed by atoms with E-state index in [4.69, 9.17) is 0 Å². The molecule has 1 saturated carbocycles. The van der Waals surface area contributed by atoms with Crippen molar-refractivity contribution in [2.45, 2.75) is 51.6 Å². The van der Waals surface area contributed by atoms with Gasteiger partial charge in [0.2, 0.25) is 0 Å². The van der Waals surface area contributed by atoms with Gasteiger partial charge in [-0.1, -0.05) is 13.3 Å². The fourth-order valence-corrected chi connectivity index (χ4v) is 2.40. The summed E-state index contributed by atoms with van der Waals surface area (Å²) in [6.45, 7) is 4.38. The standard InChI is InChI=1S/C14H21FN2/c1-3-13(14-8-7-12(15)9-16-14)17-10(2)11-5-4-6-11/h7-11,13,17H,3-6H2,1-2H3. The van der Waals surface area contributed by atoms with Gasteiger partial charge in [0.1, 0.15) is 5.82 Å². The van der Waals surface area contributed by atoms with E-state index in [0.29, 0.717) is 6.04 Å². The van der Waals surface area contributed by atoms with Crippen LogP contribution in [0, 0.1) is 11.7 Å². The molecule has 0 bridgehead atoms. The molecule has 2 rings (SSSR count). The van der Waals surface area contributed by atoms with Crippen LogP contribution >= 0.6 is 0 Å². The van der Waals surface area contributed by atoms with Gasteiger partial charge in [-0.2, -0.15) is 0 Å². The number of rotatable bonds is 5. The van der Waals surface area contributed by atoms with Gasteiger partial charge in [-0.15, -0.1) is 0 Å². The van der Waals surface area contributed by atoms with Crippen LogP contribution in [0.1, 0.15) is 51.3 Å². The first kappa shape index (κ1) is 12.5. The van der Waals surface area contributed by atoms with Gasteiger partial charge in [-0.3, -0.25) is 4.98 Å². The van der Waals surface area contributed by atoms with Crippen LogP contribution in [0.15, 0.2) is 18.3 Å². The van der Waals surface area contributed by atoms with E-state index in [2.05, 4.69) is 24.1 Å². The van der Waals surface area contributed by atoms with Gasteiger partial charge >= 0.3 is 0 Å². The zero-order valence-corrected chi connectivity index (χ0v) is 10.6. The normalized spacial score (nSPS) is 19.7. The van der Waals surface area contributed by atoms with Gasteiger partial charge in [0.15, 0.2) is 0 Å². The van der Waals surface area contributed by atoms with E-state index in [0.717, 1.165) is 18.0 Å². The Balaban J connectivity index is 1.97. The van der Waals surface area contributed by atoms with Crippen molar-refractivity contribution in [3.05, 3.63) is 29.8 Å². The van der Waals surface area contributed by atoms with E-state index in [1.807, 2.05) is 0 Å². The Hall–Kier alpha value is -0.960. The highest BCUT2D eigenvalue weighted by Crippen LogP contribution is 2.30. The first-order chi connectivity index (χ1) is 8.20. The summed E-state index contributed by atoms with van der Waals surface area (Å²) in [6, 6.07) is 4.04.